The minimum absolute atomic E-state index is 0.0913. The molecule has 240 valence electrons. The molecule has 3 aromatic heterocycles. The highest BCUT2D eigenvalue weighted by atomic mass is 35.5. The molecule has 12 heteroatoms. The lowest BCUT2D eigenvalue weighted by atomic mass is 10.0. The van der Waals surface area contributed by atoms with Gasteiger partial charge in [-0.3, -0.25) is 19.6 Å². The van der Waals surface area contributed by atoms with Crippen molar-refractivity contribution in [2.45, 2.75) is 51.9 Å². The zero-order valence-electron chi connectivity index (χ0n) is 26.1. The first kappa shape index (κ1) is 33.0. The van der Waals surface area contributed by atoms with E-state index in [0.29, 0.717) is 66.1 Å². The van der Waals surface area contributed by atoms with Crippen molar-refractivity contribution >= 4 is 29.1 Å². The fraction of sp³-hybridized carbons (Fsp3) is 0.324. The second-order valence-electron chi connectivity index (χ2n) is 11.3. The first-order valence-electron chi connectivity index (χ1n) is 15.2. The average Bonchev–Trinajstić information content (AvgIpc) is 3.47. The highest BCUT2D eigenvalue weighted by Gasteiger charge is 2.21. The van der Waals surface area contributed by atoms with Crippen LogP contribution in [0.2, 0.25) is 5.02 Å². The Bertz CT molecular complexity index is 1700. The Morgan fingerprint density at radius 1 is 1.11 bits per heavy atom. The Kier molecular flexibility index (Phi) is 10.9. The topological polar surface area (TPSA) is 150 Å². The third kappa shape index (κ3) is 8.04. The molecule has 46 heavy (non-hydrogen) atoms. The molecule has 0 spiro atoms. The molecule has 0 radical (unpaired) electrons. The molecule has 4 heterocycles. The lowest BCUT2D eigenvalue weighted by Gasteiger charge is -2.16. The molecule has 5 N–H and O–H groups in total. The molecule has 1 saturated heterocycles. The van der Waals surface area contributed by atoms with Crippen LogP contribution in [0.3, 0.4) is 0 Å². The van der Waals surface area contributed by atoms with Crippen molar-refractivity contribution in [3.8, 4) is 28.4 Å². The second kappa shape index (κ2) is 15.2. The Morgan fingerprint density at radius 3 is 2.67 bits per heavy atom. The predicted octanol–water partition coefficient (Wildman–Crippen LogP) is 4.27. The molecule has 5 rings (SSSR count). The maximum absolute atomic E-state index is 13.1. The van der Waals surface area contributed by atoms with E-state index in [1.165, 1.54) is 0 Å². The third-order valence-electron chi connectivity index (χ3n) is 7.75. The van der Waals surface area contributed by atoms with E-state index in [1.807, 2.05) is 49.4 Å². The van der Waals surface area contributed by atoms with Crippen molar-refractivity contribution in [1.29, 1.82) is 0 Å². The van der Waals surface area contributed by atoms with Crippen molar-refractivity contribution in [2.24, 2.45) is 0 Å². The van der Waals surface area contributed by atoms with Gasteiger partial charge in [-0.1, -0.05) is 35.9 Å². The summed E-state index contributed by atoms with van der Waals surface area (Å²) in [5.74, 6) is 0.234. The molecular weight excluding hydrogens is 606 g/mol. The Hall–Kier alpha value is -4.42. The van der Waals surface area contributed by atoms with E-state index < -0.39 is 6.10 Å². The summed E-state index contributed by atoms with van der Waals surface area (Å²) in [5, 5.41) is 22.3. The minimum Gasteiger partial charge on any atom is -0.481 e. The summed E-state index contributed by atoms with van der Waals surface area (Å²) in [5.41, 5.74) is 6.15. The van der Waals surface area contributed by atoms with Crippen molar-refractivity contribution in [2.75, 3.05) is 25.5 Å². The van der Waals surface area contributed by atoms with E-state index in [2.05, 4.69) is 31.2 Å². The minimum atomic E-state index is -0.441. The van der Waals surface area contributed by atoms with Gasteiger partial charge in [0.15, 0.2) is 0 Å². The summed E-state index contributed by atoms with van der Waals surface area (Å²) < 4.78 is 5.61. The van der Waals surface area contributed by atoms with Crippen LogP contribution in [-0.4, -0.2) is 64.2 Å². The number of aromatic nitrogens is 3. The smallest absolute Gasteiger partial charge is 0.274 e. The van der Waals surface area contributed by atoms with Gasteiger partial charge in [0.2, 0.25) is 11.8 Å². The molecule has 2 amide bonds. The van der Waals surface area contributed by atoms with Crippen LogP contribution in [0.25, 0.3) is 22.5 Å². The number of ether oxygens (including phenoxy) is 1. The fourth-order valence-corrected chi connectivity index (χ4v) is 5.58. The summed E-state index contributed by atoms with van der Waals surface area (Å²) in [6.45, 7) is 5.84. The van der Waals surface area contributed by atoms with Crippen LogP contribution < -0.4 is 26.0 Å². The summed E-state index contributed by atoms with van der Waals surface area (Å²) in [6.07, 6.45) is 4.28. The number of methoxy groups -OCH3 is 1. The third-order valence-corrected chi connectivity index (χ3v) is 8.13. The molecule has 0 aliphatic carbocycles. The van der Waals surface area contributed by atoms with Gasteiger partial charge in [-0.15, -0.1) is 0 Å². The van der Waals surface area contributed by atoms with Crippen LogP contribution in [0, 0.1) is 6.92 Å². The van der Waals surface area contributed by atoms with Gasteiger partial charge in [0.05, 0.1) is 29.6 Å². The zero-order valence-corrected chi connectivity index (χ0v) is 26.8. The number of aliphatic hydroxyl groups is 1. The van der Waals surface area contributed by atoms with Crippen molar-refractivity contribution in [3.63, 3.8) is 0 Å². The lowest BCUT2D eigenvalue weighted by molar-refractivity contribution is -0.119. The van der Waals surface area contributed by atoms with Crippen LogP contribution in [0.4, 0.5) is 5.69 Å². The van der Waals surface area contributed by atoms with Crippen molar-refractivity contribution in [1.82, 2.24) is 30.9 Å². The maximum Gasteiger partial charge on any atom is 0.274 e. The van der Waals surface area contributed by atoms with Crippen LogP contribution in [0.15, 0.2) is 60.9 Å². The van der Waals surface area contributed by atoms with E-state index in [-0.39, 0.29) is 23.6 Å². The molecule has 2 unspecified atom stereocenters. The van der Waals surface area contributed by atoms with Gasteiger partial charge in [-0.25, -0.2) is 4.98 Å². The van der Waals surface area contributed by atoms with Crippen LogP contribution >= 0.6 is 11.6 Å². The molecular formula is C34H38ClN7O4. The van der Waals surface area contributed by atoms with E-state index in [4.69, 9.17) is 21.3 Å². The number of benzene rings is 1. The van der Waals surface area contributed by atoms with Crippen LogP contribution in [0.1, 0.15) is 46.9 Å². The molecule has 1 aromatic carbocycles. The number of pyridine rings is 3. The number of hydrogen-bond donors (Lipinski definition) is 5. The number of rotatable bonds is 13. The van der Waals surface area contributed by atoms with Crippen molar-refractivity contribution < 1.29 is 19.4 Å². The van der Waals surface area contributed by atoms with Gasteiger partial charge in [0.25, 0.3) is 5.91 Å². The SMILES string of the molecule is COc1nc(-c2ccnc(-c3cccc(NC(=O)c4ccc(CNCC(C)O)cn4)c3C)c2Cl)ccc1CNCC1CCC(=O)N1. The Labute approximate surface area is 273 Å². The fourth-order valence-electron chi connectivity index (χ4n) is 5.27. The summed E-state index contributed by atoms with van der Waals surface area (Å²) in [6, 6.07) is 14.9. The predicted molar refractivity (Wildman–Crippen MR) is 178 cm³/mol. The standard InChI is InChI=1S/C34H38ClN7O4/c1-20(43)15-36-16-22-7-10-29(39-17-22)33(45)41-27-6-4-5-25(21(27)2)32-31(35)26(13-14-38-32)28-11-8-23(34(42-28)46-3)18-37-19-24-9-12-30(44)40-24/h4-8,10-11,13-14,17,20,24,36-37,43H,9,12,15-16,18-19H2,1-3H3,(H,40,44)(H,41,45). The van der Waals surface area contributed by atoms with Gasteiger partial charge in [0.1, 0.15) is 5.69 Å². The van der Waals surface area contributed by atoms with E-state index in [0.717, 1.165) is 28.7 Å². The van der Waals surface area contributed by atoms with Gasteiger partial charge in [-0.2, -0.15) is 0 Å². The number of anilines is 1. The molecule has 1 aliphatic rings. The molecule has 0 bridgehead atoms. The van der Waals surface area contributed by atoms with Crippen LogP contribution in [-0.2, 0) is 17.9 Å². The van der Waals surface area contributed by atoms with Gasteiger partial charge in [0, 0.05) is 73.4 Å². The first-order valence-corrected chi connectivity index (χ1v) is 15.5. The molecule has 2 atom stereocenters. The number of halogens is 1. The summed E-state index contributed by atoms with van der Waals surface area (Å²) in [4.78, 5) is 38.2. The molecule has 0 saturated carbocycles. The average molecular weight is 644 g/mol. The molecule has 1 fully saturated rings. The second-order valence-corrected chi connectivity index (χ2v) is 11.7. The number of amides is 2. The molecule has 11 nitrogen and oxygen atoms in total. The van der Waals surface area contributed by atoms with Gasteiger partial charge in [-0.05, 0) is 55.7 Å². The number of carbonyl (C=O) groups excluding carboxylic acids is 2. The van der Waals surface area contributed by atoms with Gasteiger partial charge >= 0.3 is 0 Å². The van der Waals surface area contributed by atoms with E-state index >= 15 is 0 Å². The zero-order chi connectivity index (χ0) is 32.6. The molecule has 4 aromatic rings. The monoisotopic (exact) mass is 643 g/mol. The summed E-state index contributed by atoms with van der Waals surface area (Å²) >= 11 is 6.97. The maximum atomic E-state index is 13.1. The van der Waals surface area contributed by atoms with E-state index in [9.17, 15) is 14.7 Å². The number of carbonyl (C=O) groups is 2. The van der Waals surface area contributed by atoms with Crippen LogP contribution in [0.5, 0.6) is 5.88 Å². The summed E-state index contributed by atoms with van der Waals surface area (Å²) in [7, 11) is 1.58. The van der Waals surface area contributed by atoms with E-state index in [1.54, 1.807) is 32.5 Å². The lowest BCUT2D eigenvalue weighted by Crippen LogP contribution is -2.35. The quantitative estimate of drug-likeness (QED) is 0.144. The number of aliphatic hydroxyl groups excluding tert-OH is 1. The van der Waals surface area contributed by atoms with Gasteiger partial charge < -0.3 is 31.1 Å². The Balaban J connectivity index is 1.30. The largest absolute Gasteiger partial charge is 0.481 e. The normalized spacial score (nSPS) is 15.0. The number of nitrogens with zero attached hydrogens (tertiary/aromatic N) is 3. The highest BCUT2D eigenvalue weighted by Crippen LogP contribution is 2.38. The Morgan fingerprint density at radius 2 is 1.96 bits per heavy atom. The molecule has 1 aliphatic heterocycles. The van der Waals surface area contributed by atoms with Crippen molar-refractivity contribution in [3.05, 3.63) is 88.3 Å². The number of hydrogen-bond acceptors (Lipinski definition) is 9. The first-order chi connectivity index (χ1) is 22.2. The highest BCUT2D eigenvalue weighted by molar-refractivity contribution is 6.35. The number of nitrogens with one attached hydrogen (secondary N) is 4.